The van der Waals surface area contributed by atoms with Crippen molar-refractivity contribution in [3.8, 4) is 11.5 Å². The average Bonchev–Trinajstić information content (AvgIpc) is 2.34. The summed E-state index contributed by atoms with van der Waals surface area (Å²) in [6.45, 7) is 4.85. The van der Waals surface area contributed by atoms with Gasteiger partial charge in [0.2, 0.25) is 0 Å². The molecule has 1 N–H and O–H groups in total. The van der Waals surface area contributed by atoms with Gasteiger partial charge in [0.25, 0.3) is 0 Å². The number of hydrogen-bond acceptors (Lipinski definition) is 3. The fraction of sp³-hybridized carbons (Fsp3) is 0.214. The molecule has 2 aromatic rings. The highest BCUT2D eigenvalue weighted by Gasteiger charge is 2.03. The van der Waals surface area contributed by atoms with Gasteiger partial charge in [-0.25, -0.2) is 0 Å². The molecule has 4 heteroatoms. The van der Waals surface area contributed by atoms with Gasteiger partial charge in [0, 0.05) is 17.6 Å². The summed E-state index contributed by atoms with van der Waals surface area (Å²) in [5.41, 5.74) is 1.94. The lowest BCUT2D eigenvalue weighted by Crippen LogP contribution is -1.97. The highest BCUT2D eigenvalue weighted by molar-refractivity contribution is 6.30. The number of rotatable bonds is 4. The molecule has 0 unspecified atom stereocenters. The van der Waals surface area contributed by atoms with E-state index in [9.17, 15) is 0 Å². The second kappa shape index (κ2) is 5.74. The summed E-state index contributed by atoms with van der Waals surface area (Å²) in [6.07, 6.45) is 3.46. The minimum Gasteiger partial charge on any atom is -0.455 e. The average molecular weight is 263 g/mol. The molecule has 1 aromatic carbocycles. The second-order valence-electron chi connectivity index (χ2n) is 3.95. The van der Waals surface area contributed by atoms with Gasteiger partial charge in [-0.15, -0.1) is 0 Å². The molecule has 0 atom stereocenters. The van der Waals surface area contributed by atoms with Crippen molar-refractivity contribution in [1.29, 1.82) is 0 Å². The second-order valence-corrected chi connectivity index (χ2v) is 4.39. The Kier molecular flexibility index (Phi) is 4.05. The van der Waals surface area contributed by atoms with E-state index in [4.69, 9.17) is 16.3 Å². The van der Waals surface area contributed by atoms with Gasteiger partial charge in [-0.2, -0.15) is 0 Å². The van der Waals surface area contributed by atoms with E-state index in [2.05, 4.69) is 10.3 Å². The standard InChI is InChI=1S/C14H15ClN2O/c1-3-17-12-7-13(9-16-8-12)18-14-5-4-11(15)6-10(14)2/h4-9,17H,3H2,1-2H3. The Morgan fingerprint density at radius 3 is 2.83 bits per heavy atom. The van der Waals surface area contributed by atoms with E-state index in [-0.39, 0.29) is 0 Å². The van der Waals surface area contributed by atoms with Crippen LogP contribution in [0.2, 0.25) is 5.02 Å². The van der Waals surface area contributed by atoms with E-state index < -0.39 is 0 Å². The molecule has 0 saturated carbocycles. The number of nitrogens with zero attached hydrogens (tertiary/aromatic N) is 1. The molecule has 1 heterocycles. The summed E-state index contributed by atoms with van der Waals surface area (Å²) < 4.78 is 5.79. The van der Waals surface area contributed by atoms with Crippen LogP contribution in [-0.4, -0.2) is 11.5 Å². The van der Waals surface area contributed by atoms with Crippen molar-refractivity contribution in [1.82, 2.24) is 4.98 Å². The highest BCUT2D eigenvalue weighted by atomic mass is 35.5. The molecule has 1 aromatic heterocycles. The Labute approximate surface area is 112 Å². The quantitative estimate of drug-likeness (QED) is 0.894. The lowest BCUT2D eigenvalue weighted by Gasteiger charge is -2.10. The van der Waals surface area contributed by atoms with Crippen molar-refractivity contribution >= 4 is 17.3 Å². The molecule has 18 heavy (non-hydrogen) atoms. The summed E-state index contributed by atoms with van der Waals surface area (Å²) >= 11 is 5.91. The molecule has 0 saturated heterocycles. The molecular formula is C14H15ClN2O. The van der Waals surface area contributed by atoms with E-state index in [1.165, 1.54) is 0 Å². The number of nitrogens with one attached hydrogen (secondary N) is 1. The third kappa shape index (κ3) is 3.14. The Hall–Kier alpha value is -1.74. The van der Waals surface area contributed by atoms with Gasteiger partial charge in [0.15, 0.2) is 0 Å². The van der Waals surface area contributed by atoms with E-state index in [1.54, 1.807) is 12.4 Å². The molecule has 0 aliphatic rings. The zero-order valence-electron chi connectivity index (χ0n) is 10.4. The fourth-order valence-corrected chi connectivity index (χ4v) is 1.86. The summed E-state index contributed by atoms with van der Waals surface area (Å²) in [5.74, 6) is 1.49. The van der Waals surface area contributed by atoms with Crippen LogP contribution in [0.4, 0.5) is 5.69 Å². The van der Waals surface area contributed by atoms with Gasteiger partial charge < -0.3 is 10.1 Å². The highest BCUT2D eigenvalue weighted by Crippen LogP contribution is 2.27. The molecule has 0 aliphatic heterocycles. The molecule has 3 nitrogen and oxygen atoms in total. The summed E-state index contributed by atoms with van der Waals surface area (Å²) in [7, 11) is 0. The fourth-order valence-electron chi connectivity index (χ4n) is 1.63. The van der Waals surface area contributed by atoms with Crippen LogP contribution in [0.3, 0.4) is 0 Å². The molecule has 0 bridgehead atoms. The Morgan fingerprint density at radius 1 is 1.28 bits per heavy atom. The maximum Gasteiger partial charge on any atom is 0.147 e. The Bertz CT molecular complexity index is 543. The maximum absolute atomic E-state index is 5.91. The monoisotopic (exact) mass is 262 g/mol. The van der Waals surface area contributed by atoms with Crippen LogP contribution in [0, 0.1) is 6.92 Å². The van der Waals surface area contributed by atoms with Crippen LogP contribution in [0.15, 0.2) is 36.7 Å². The largest absolute Gasteiger partial charge is 0.455 e. The van der Waals surface area contributed by atoms with Crippen molar-refractivity contribution in [2.75, 3.05) is 11.9 Å². The minimum absolute atomic E-state index is 0.707. The number of hydrogen-bond donors (Lipinski definition) is 1. The lowest BCUT2D eigenvalue weighted by atomic mass is 10.2. The van der Waals surface area contributed by atoms with E-state index in [1.807, 2.05) is 38.1 Å². The van der Waals surface area contributed by atoms with Crippen molar-refractivity contribution in [3.05, 3.63) is 47.2 Å². The number of benzene rings is 1. The summed E-state index contributed by atoms with van der Waals surface area (Å²) in [4.78, 5) is 4.13. The van der Waals surface area contributed by atoms with Crippen molar-refractivity contribution in [2.45, 2.75) is 13.8 Å². The number of halogens is 1. The molecule has 0 spiro atoms. The van der Waals surface area contributed by atoms with Gasteiger partial charge in [-0.1, -0.05) is 11.6 Å². The molecule has 2 rings (SSSR count). The summed E-state index contributed by atoms with van der Waals surface area (Å²) in [6, 6.07) is 7.46. The number of pyridine rings is 1. The van der Waals surface area contributed by atoms with Crippen LogP contribution in [0.25, 0.3) is 0 Å². The summed E-state index contributed by atoms with van der Waals surface area (Å²) in [5, 5.41) is 3.90. The van der Waals surface area contributed by atoms with Crippen LogP contribution in [0.1, 0.15) is 12.5 Å². The maximum atomic E-state index is 5.91. The van der Waals surface area contributed by atoms with Crippen molar-refractivity contribution < 1.29 is 4.74 Å². The SMILES string of the molecule is CCNc1cncc(Oc2ccc(Cl)cc2C)c1. The van der Waals surface area contributed by atoms with Crippen LogP contribution in [-0.2, 0) is 0 Å². The van der Waals surface area contributed by atoms with Crippen LogP contribution < -0.4 is 10.1 Å². The molecule has 0 amide bonds. The number of aromatic nitrogens is 1. The van der Waals surface area contributed by atoms with Gasteiger partial charge in [0.05, 0.1) is 18.1 Å². The number of anilines is 1. The third-order valence-corrected chi connectivity index (χ3v) is 2.69. The molecule has 0 aliphatic carbocycles. The van der Waals surface area contributed by atoms with E-state index in [0.717, 1.165) is 23.5 Å². The first-order valence-electron chi connectivity index (χ1n) is 5.82. The van der Waals surface area contributed by atoms with Gasteiger partial charge in [0.1, 0.15) is 11.5 Å². The zero-order chi connectivity index (χ0) is 13.0. The smallest absolute Gasteiger partial charge is 0.147 e. The third-order valence-electron chi connectivity index (χ3n) is 2.46. The molecular weight excluding hydrogens is 248 g/mol. The first kappa shape index (κ1) is 12.7. The number of aryl methyl sites for hydroxylation is 1. The van der Waals surface area contributed by atoms with Crippen LogP contribution in [0.5, 0.6) is 11.5 Å². The zero-order valence-corrected chi connectivity index (χ0v) is 11.2. The lowest BCUT2D eigenvalue weighted by molar-refractivity contribution is 0.477. The van der Waals surface area contributed by atoms with Crippen molar-refractivity contribution in [2.24, 2.45) is 0 Å². The van der Waals surface area contributed by atoms with Gasteiger partial charge in [-0.3, -0.25) is 4.98 Å². The van der Waals surface area contributed by atoms with Gasteiger partial charge in [-0.05, 0) is 37.6 Å². The first-order chi connectivity index (χ1) is 8.69. The normalized spacial score (nSPS) is 10.2. The van der Waals surface area contributed by atoms with E-state index >= 15 is 0 Å². The van der Waals surface area contributed by atoms with Crippen LogP contribution >= 0.6 is 11.6 Å². The topological polar surface area (TPSA) is 34.2 Å². The van der Waals surface area contributed by atoms with Crippen molar-refractivity contribution in [3.63, 3.8) is 0 Å². The molecule has 94 valence electrons. The Morgan fingerprint density at radius 2 is 2.11 bits per heavy atom. The van der Waals surface area contributed by atoms with E-state index in [0.29, 0.717) is 10.8 Å². The first-order valence-corrected chi connectivity index (χ1v) is 6.19. The van der Waals surface area contributed by atoms with Gasteiger partial charge >= 0.3 is 0 Å². The minimum atomic E-state index is 0.707. The predicted molar refractivity (Wildman–Crippen MR) is 74.7 cm³/mol. The molecule has 0 fully saturated rings. The molecule has 0 radical (unpaired) electrons. The Balaban J connectivity index is 2.20. The number of ether oxygens (including phenoxy) is 1. The predicted octanol–water partition coefficient (Wildman–Crippen LogP) is 4.27.